The van der Waals surface area contributed by atoms with Crippen LogP contribution in [0.1, 0.15) is 17.5 Å². The Balaban J connectivity index is 2.00. The molecule has 0 aliphatic carbocycles. The second-order valence-electron chi connectivity index (χ2n) is 5.20. The summed E-state index contributed by atoms with van der Waals surface area (Å²) in [5, 5.41) is 0. The number of nitrogens with zero attached hydrogens (tertiary/aromatic N) is 2. The van der Waals surface area contributed by atoms with Crippen molar-refractivity contribution in [2.24, 2.45) is 5.73 Å². The van der Waals surface area contributed by atoms with Gasteiger partial charge in [-0.15, -0.1) is 0 Å². The summed E-state index contributed by atoms with van der Waals surface area (Å²) in [4.78, 5) is 16.1. The van der Waals surface area contributed by atoms with Crippen LogP contribution in [-0.4, -0.2) is 43.5 Å². The van der Waals surface area contributed by atoms with Gasteiger partial charge >= 0.3 is 0 Å². The molecule has 2 N–H and O–H groups in total. The molecule has 1 saturated heterocycles. The normalized spacial score (nSPS) is 15.7. The fraction of sp³-hybridized carbons (Fsp3) is 0.533. The lowest BCUT2D eigenvalue weighted by molar-refractivity contribution is -0.131. The topological polar surface area (TPSA) is 49.6 Å². The molecular formula is C15H23N3O. The van der Waals surface area contributed by atoms with Crippen molar-refractivity contribution in [1.82, 2.24) is 4.90 Å². The van der Waals surface area contributed by atoms with E-state index in [9.17, 15) is 4.79 Å². The highest BCUT2D eigenvalue weighted by atomic mass is 16.2. The summed E-state index contributed by atoms with van der Waals surface area (Å²) < 4.78 is 0. The average Bonchev–Trinajstić information content (AvgIpc) is 2.42. The van der Waals surface area contributed by atoms with E-state index >= 15 is 0 Å². The maximum Gasteiger partial charge on any atom is 0.223 e. The van der Waals surface area contributed by atoms with E-state index in [4.69, 9.17) is 5.73 Å². The Bertz CT molecular complexity index is 451. The number of anilines is 1. The van der Waals surface area contributed by atoms with Crippen molar-refractivity contribution in [3.63, 3.8) is 0 Å². The van der Waals surface area contributed by atoms with Gasteiger partial charge in [-0.1, -0.05) is 12.1 Å². The van der Waals surface area contributed by atoms with E-state index in [1.54, 1.807) is 0 Å². The molecule has 0 unspecified atom stereocenters. The van der Waals surface area contributed by atoms with Crippen molar-refractivity contribution < 1.29 is 4.79 Å². The maximum atomic E-state index is 11.8. The molecule has 1 amide bonds. The van der Waals surface area contributed by atoms with Crippen molar-refractivity contribution in [2.45, 2.75) is 20.3 Å². The van der Waals surface area contributed by atoms with Crippen molar-refractivity contribution >= 4 is 11.6 Å². The Morgan fingerprint density at radius 1 is 1.21 bits per heavy atom. The molecule has 19 heavy (non-hydrogen) atoms. The molecule has 1 aliphatic rings. The Labute approximate surface area is 115 Å². The van der Waals surface area contributed by atoms with Crippen molar-refractivity contribution in [3.05, 3.63) is 29.3 Å². The zero-order valence-corrected chi connectivity index (χ0v) is 11.9. The molecule has 1 aromatic carbocycles. The first-order valence-corrected chi connectivity index (χ1v) is 6.92. The van der Waals surface area contributed by atoms with Crippen LogP contribution in [-0.2, 0) is 4.79 Å². The summed E-state index contributed by atoms with van der Waals surface area (Å²) in [6, 6.07) is 6.53. The van der Waals surface area contributed by atoms with Gasteiger partial charge in [0.1, 0.15) is 0 Å². The highest BCUT2D eigenvalue weighted by molar-refractivity contribution is 5.76. The minimum atomic E-state index is 0.183. The van der Waals surface area contributed by atoms with E-state index in [2.05, 4.69) is 36.9 Å². The van der Waals surface area contributed by atoms with Gasteiger partial charge < -0.3 is 15.5 Å². The van der Waals surface area contributed by atoms with Gasteiger partial charge in [0.25, 0.3) is 0 Å². The van der Waals surface area contributed by atoms with E-state index < -0.39 is 0 Å². The minimum Gasteiger partial charge on any atom is -0.368 e. The van der Waals surface area contributed by atoms with Crippen molar-refractivity contribution in [2.75, 3.05) is 37.6 Å². The Kier molecular flexibility index (Phi) is 4.43. The second kappa shape index (κ2) is 6.06. The summed E-state index contributed by atoms with van der Waals surface area (Å²) in [6.07, 6.45) is 0.462. The number of nitrogens with two attached hydrogens (primary N) is 1. The van der Waals surface area contributed by atoms with E-state index in [0.717, 1.165) is 26.2 Å². The number of carbonyl (C=O) groups is 1. The van der Waals surface area contributed by atoms with E-state index in [1.807, 2.05) is 4.90 Å². The largest absolute Gasteiger partial charge is 0.368 e. The van der Waals surface area contributed by atoms with Crippen LogP contribution in [0.2, 0.25) is 0 Å². The van der Waals surface area contributed by atoms with Gasteiger partial charge in [0.2, 0.25) is 5.91 Å². The molecule has 4 heteroatoms. The lowest BCUT2D eigenvalue weighted by atomic mass is 10.1. The molecule has 1 heterocycles. The van der Waals surface area contributed by atoms with E-state index in [0.29, 0.717) is 13.0 Å². The third-order valence-corrected chi connectivity index (χ3v) is 3.70. The SMILES string of the molecule is Cc1ccc(C)c(N2CCN(C(=O)CCN)CC2)c1. The molecule has 0 atom stereocenters. The minimum absolute atomic E-state index is 0.183. The number of carbonyl (C=O) groups excluding carboxylic acids is 1. The third kappa shape index (κ3) is 3.26. The van der Waals surface area contributed by atoms with Crippen LogP contribution in [0.4, 0.5) is 5.69 Å². The predicted molar refractivity (Wildman–Crippen MR) is 78.4 cm³/mol. The highest BCUT2D eigenvalue weighted by Crippen LogP contribution is 2.22. The van der Waals surface area contributed by atoms with Crippen LogP contribution in [0.15, 0.2) is 18.2 Å². The van der Waals surface area contributed by atoms with Gasteiger partial charge in [-0.2, -0.15) is 0 Å². The molecule has 1 fully saturated rings. The zero-order valence-electron chi connectivity index (χ0n) is 11.9. The van der Waals surface area contributed by atoms with Gasteiger partial charge in [-0.3, -0.25) is 4.79 Å². The number of benzene rings is 1. The summed E-state index contributed by atoms with van der Waals surface area (Å²) in [5.74, 6) is 0.183. The highest BCUT2D eigenvalue weighted by Gasteiger charge is 2.21. The molecule has 1 aromatic rings. The molecule has 0 spiro atoms. The van der Waals surface area contributed by atoms with Crippen LogP contribution in [0.25, 0.3) is 0 Å². The summed E-state index contributed by atoms with van der Waals surface area (Å²) in [5.41, 5.74) is 9.31. The lowest BCUT2D eigenvalue weighted by Gasteiger charge is -2.37. The summed E-state index contributed by atoms with van der Waals surface area (Å²) in [7, 11) is 0. The number of amides is 1. The number of hydrogen-bond donors (Lipinski definition) is 1. The molecule has 0 aromatic heterocycles. The molecule has 0 bridgehead atoms. The first-order valence-electron chi connectivity index (χ1n) is 6.92. The molecule has 2 rings (SSSR count). The monoisotopic (exact) mass is 261 g/mol. The zero-order chi connectivity index (χ0) is 13.8. The summed E-state index contributed by atoms with van der Waals surface area (Å²) >= 11 is 0. The number of hydrogen-bond acceptors (Lipinski definition) is 3. The predicted octanol–water partition coefficient (Wildman–Crippen LogP) is 1.30. The maximum absolute atomic E-state index is 11.8. The van der Waals surface area contributed by atoms with Crippen LogP contribution in [0.5, 0.6) is 0 Å². The van der Waals surface area contributed by atoms with Crippen LogP contribution >= 0.6 is 0 Å². The first-order chi connectivity index (χ1) is 9.11. The average molecular weight is 261 g/mol. The molecule has 0 radical (unpaired) electrons. The molecule has 4 nitrogen and oxygen atoms in total. The smallest absolute Gasteiger partial charge is 0.223 e. The summed E-state index contributed by atoms with van der Waals surface area (Å²) in [6.45, 7) is 8.10. The lowest BCUT2D eigenvalue weighted by Crippen LogP contribution is -2.49. The van der Waals surface area contributed by atoms with Crippen LogP contribution in [0.3, 0.4) is 0 Å². The number of aryl methyl sites for hydroxylation is 2. The first kappa shape index (κ1) is 13.9. The Morgan fingerprint density at radius 2 is 1.89 bits per heavy atom. The van der Waals surface area contributed by atoms with Crippen LogP contribution < -0.4 is 10.6 Å². The van der Waals surface area contributed by atoms with Crippen LogP contribution in [0, 0.1) is 13.8 Å². The fourth-order valence-corrected chi connectivity index (χ4v) is 2.54. The van der Waals surface area contributed by atoms with Crippen molar-refractivity contribution in [1.29, 1.82) is 0 Å². The number of piperazine rings is 1. The second-order valence-corrected chi connectivity index (χ2v) is 5.20. The fourth-order valence-electron chi connectivity index (χ4n) is 2.54. The van der Waals surface area contributed by atoms with Gasteiger partial charge in [-0.25, -0.2) is 0 Å². The quantitative estimate of drug-likeness (QED) is 0.892. The van der Waals surface area contributed by atoms with E-state index in [1.165, 1.54) is 16.8 Å². The molecule has 1 aliphatic heterocycles. The Hall–Kier alpha value is -1.55. The standard InChI is InChI=1S/C15H23N3O/c1-12-3-4-13(2)14(11-12)17-7-9-18(10-8-17)15(19)5-6-16/h3-4,11H,5-10,16H2,1-2H3. The van der Waals surface area contributed by atoms with Crippen molar-refractivity contribution in [3.8, 4) is 0 Å². The number of rotatable bonds is 3. The van der Waals surface area contributed by atoms with Gasteiger partial charge in [0, 0.05) is 44.8 Å². The van der Waals surface area contributed by atoms with E-state index in [-0.39, 0.29) is 5.91 Å². The molecule has 0 saturated carbocycles. The third-order valence-electron chi connectivity index (χ3n) is 3.70. The molecular weight excluding hydrogens is 238 g/mol. The Morgan fingerprint density at radius 3 is 2.53 bits per heavy atom. The van der Waals surface area contributed by atoms with Gasteiger partial charge in [-0.05, 0) is 31.0 Å². The van der Waals surface area contributed by atoms with Gasteiger partial charge in [0.15, 0.2) is 0 Å². The molecule has 104 valence electrons. The van der Waals surface area contributed by atoms with Gasteiger partial charge in [0.05, 0.1) is 0 Å².